The number of anilines is 1. The molecule has 1 aromatic heterocycles. The van der Waals surface area contributed by atoms with Crippen LogP contribution in [-0.2, 0) is 4.79 Å². The zero-order valence-electron chi connectivity index (χ0n) is 12.2. The average molecular weight is 376 g/mol. The summed E-state index contributed by atoms with van der Waals surface area (Å²) in [6, 6.07) is 14.5. The lowest BCUT2D eigenvalue weighted by molar-refractivity contribution is -0.111. The number of nitrogens with one attached hydrogen (secondary N) is 1. The molecule has 0 atom stereocenters. The van der Waals surface area contributed by atoms with Crippen molar-refractivity contribution in [1.29, 1.82) is 0 Å². The lowest BCUT2D eigenvalue weighted by Gasteiger charge is -1.97. The van der Waals surface area contributed by atoms with E-state index >= 15 is 0 Å². The van der Waals surface area contributed by atoms with Gasteiger partial charge in [-0.1, -0.05) is 64.9 Å². The first kappa shape index (κ1) is 16.6. The van der Waals surface area contributed by atoms with Crippen molar-refractivity contribution in [1.82, 2.24) is 10.2 Å². The van der Waals surface area contributed by atoms with Crippen LogP contribution in [0.1, 0.15) is 5.56 Å². The fourth-order valence-electron chi connectivity index (χ4n) is 1.91. The fraction of sp³-hybridized carbons (Fsp3) is 0. The molecule has 0 saturated carbocycles. The van der Waals surface area contributed by atoms with Crippen molar-refractivity contribution in [3.63, 3.8) is 0 Å². The van der Waals surface area contributed by atoms with E-state index in [4.69, 9.17) is 23.2 Å². The van der Waals surface area contributed by atoms with Crippen LogP contribution in [0.2, 0.25) is 10.0 Å². The molecule has 7 heteroatoms. The predicted molar refractivity (Wildman–Crippen MR) is 99.5 cm³/mol. The third-order valence-corrected chi connectivity index (χ3v) is 4.55. The molecule has 24 heavy (non-hydrogen) atoms. The van der Waals surface area contributed by atoms with Crippen LogP contribution in [-0.4, -0.2) is 16.1 Å². The van der Waals surface area contributed by atoms with Crippen LogP contribution < -0.4 is 5.32 Å². The maximum atomic E-state index is 12.0. The van der Waals surface area contributed by atoms with E-state index in [2.05, 4.69) is 15.5 Å². The summed E-state index contributed by atoms with van der Waals surface area (Å²) < 4.78 is 0. The van der Waals surface area contributed by atoms with Gasteiger partial charge in [-0.15, -0.1) is 10.2 Å². The molecule has 1 N–H and O–H groups in total. The van der Waals surface area contributed by atoms with Gasteiger partial charge < -0.3 is 0 Å². The molecule has 1 amide bonds. The molecule has 0 saturated heterocycles. The van der Waals surface area contributed by atoms with Gasteiger partial charge in [0.2, 0.25) is 11.0 Å². The molecule has 0 unspecified atom stereocenters. The highest BCUT2D eigenvalue weighted by Gasteiger charge is 2.08. The van der Waals surface area contributed by atoms with Gasteiger partial charge in [0.1, 0.15) is 5.01 Å². The molecular weight excluding hydrogens is 365 g/mol. The van der Waals surface area contributed by atoms with E-state index in [1.165, 1.54) is 17.4 Å². The Morgan fingerprint density at radius 3 is 2.54 bits per heavy atom. The summed E-state index contributed by atoms with van der Waals surface area (Å²) in [5.41, 5.74) is 1.66. The summed E-state index contributed by atoms with van der Waals surface area (Å²) in [5, 5.41) is 13.1. The average Bonchev–Trinajstić information content (AvgIpc) is 3.03. The first-order valence-electron chi connectivity index (χ1n) is 6.95. The second-order valence-electron chi connectivity index (χ2n) is 4.76. The first-order valence-corrected chi connectivity index (χ1v) is 8.52. The number of hydrogen-bond acceptors (Lipinski definition) is 4. The van der Waals surface area contributed by atoms with E-state index in [-0.39, 0.29) is 5.91 Å². The van der Waals surface area contributed by atoms with Crippen molar-refractivity contribution < 1.29 is 4.79 Å². The Bertz CT molecular complexity index is 891. The minimum Gasteiger partial charge on any atom is -0.297 e. The molecule has 0 bridgehead atoms. The quantitative estimate of drug-likeness (QED) is 0.640. The number of carbonyl (C=O) groups is 1. The number of halogens is 2. The lowest BCUT2D eigenvalue weighted by atomic mass is 10.2. The van der Waals surface area contributed by atoms with Crippen LogP contribution in [0.5, 0.6) is 0 Å². The molecule has 0 radical (unpaired) electrons. The summed E-state index contributed by atoms with van der Waals surface area (Å²) in [4.78, 5) is 12.0. The van der Waals surface area contributed by atoms with Crippen molar-refractivity contribution >= 4 is 51.7 Å². The van der Waals surface area contributed by atoms with Crippen molar-refractivity contribution in [2.24, 2.45) is 0 Å². The summed E-state index contributed by atoms with van der Waals surface area (Å²) >= 11 is 13.2. The highest BCUT2D eigenvalue weighted by molar-refractivity contribution is 7.18. The van der Waals surface area contributed by atoms with Gasteiger partial charge in [-0.3, -0.25) is 10.1 Å². The topological polar surface area (TPSA) is 54.9 Å². The maximum absolute atomic E-state index is 12.0. The molecule has 0 aliphatic carbocycles. The lowest BCUT2D eigenvalue weighted by Crippen LogP contribution is -2.07. The largest absolute Gasteiger partial charge is 0.297 e. The smallest absolute Gasteiger partial charge is 0.250 e. The Hall–Kier alpha value is -2.21. The highest BCUT2D eigenvalue weighted by Crippen LogP contribution is 2.27. The van der Waals surface area contributed by atoms with Crippen LogP contribution in [0.3, 0.4) is 0 Å². The molecule has 0 aliphatic rings. The van der Waals surface area contributed by atoms with E-state index < -0.39 is 0 Å². The van der Waals surface area contributed by atoms with Gasteiger partial charge in [0, 0.05) is 21.7 Å². The highest BCUT2D eigenvalue weighted by atomic mass is 35.5. The van der Waals surface area contributed by atoms with E-state index in [1.807, 2.05) is 30.3 Å². The maximum Gasteiger partial charge on any atom is 0.250 e. The number of benzene rings is 2. The fourth-order valence-corrected chi connectivity index (χ4v) is 2.98. The Morgan fingerprint density at radius 1 is 1.04 bits per heavy atom. The Morgan fingerprint density at radius 2 is 1.79 bits per heavy atom. The summed E-state index contributed by atoms with van der Waals surface area (Å²) in [5.74, 6) is -0.297. The van der Waals surface area contributed by atoms with E-state index in [9.17, 15) is 4.79 Å². The van der Waals surface area contributed by atoms with E-state index in [0.29, 0.717) is 20.2 Å². The van der Waals surface area contributed by atoms with E-state index in [1.54, 1.807) is 24.3 Å². The normalized spacial score (nSPS) is 10.9. The minimum absolute atomic E-state index is 0.297. The van der Waals surface area contributed by atoms with Crippen molar-refractivity contribution in [3.05, 3.63) is 70.2 Å². The third-order valence-electron chi connectivity index (χ3n) is 3.07. The number of nitrogens with zero attached hydrogens (tertiary/aromatic N) is 2. The number of aromatic nitrogens is 2. The zero-order valence-corrected chi connectivity index (χ0v) is 14.6. The molecule has 120 valence electrons. The second kappa shape index (κ2) is 7.57. The van der Waals surface area contributed by atoms with Crippen LogP contribution in [0.15, 0.2) is 54.6 Å². The zero-order chi connectivity index (χ0) is 16.9. The Kier molecular flexibility index (Phi) is 5.25. The standard InChI is InChI=1S/C17H11Cl2N3OS/c18-13-8-5-12(6-9-13)16-21-22-17(24-16)20-15(23)10-7-11-3-1-2-4-14(11)19/h1-10H,(H,20,22,23)/b10-7+. The third kappa shape index (κ3) is 4.20. The Balaban J connectivity index is 1.67. The van der Waals surface area contributed by atoms with Crippen LogP contribution in [0.4, 0.5) is 5.13 Å². The van der Waals surface area contributed by atoms with Gasteiger partial charge >= 0.3 is 0 Å². The van der Waals surface area contributed by atoms with Gasteiger partial charge in [-0.2, -0.15) is 0 Å². The number of carbonyl (C=O) groups excluding carboxylic acids is 1. The van der Waals surface area contributed by atoms with Gasteiger partial charge in [0.25, 0.3) is 0 Å². The second-order valence-corrected chi connectivity index (χ2v) is 6.58. The molecule has 3 rings (SSSR count). The predicted octanol–water partition coefficient (Wildman–Crippen LogP) is 5.16. The molecule has 4 nitrogen and oxygen atoms in total. The number of rotatable bonds is 4. The van der Waals surface area contributed by atoms with Crippen LogP contribution >= 0.6 is 34.5 Å². The van der Waals surface area contributed by atoms with Gasteiger partial charge in [0.05, 0.1) is 0 Å². The molecule has 3 aromatic rings. The molecule has 2 aromatic carbocycles. The summed E-state index contributed by atoms with van der Waals surface area (Å²) in [6.45, 7) is 0. The Labute approximate surface area is 152 Å². The molecule has 0 fully saturated rings. The monoisotopic (exact) mass is 375 g/mol. The van der Waals surface area contributed by atoms with Crippen molar-refractivity contribution in [2.45, 2.75) is 0 Å². The van der Waals surface area contributed by atoms with Gasteiger partial charge in [-0.25, -0.2) is 0 Å². The molecule has 0 aliphatic heterocycles. The molecule has 1 heterocycles. The van der Waals surface area contributed by atoms with Crippen LogP contribution in [0, 0.1) is 0 Å². The van der Waals surface area contributed by atoms with Gasteiger partial charge in [0.15, 0.2) is 0 Å². The number of hydrogen-bond donors (Lipinski definition) is 1. The van der Waals surface area contributed by atoms with E-state index in [0.717, 1.165) is 11.1 Å². The van der Waals surface area contributed by atoms with Crippen molar-refractivity contribution in [2.75, 3.05) is 5.32 Å². The van der Waals surface area contributed by atoms with Gasteiger partial charge in [-0.05, 0) is 29.8 Å². The first-order chi connectivity index (χ1) is 11.6. The molecular formula is C17H11Cl2N3OS. The minimum atomic E-state index is -0.297. The SMILES string of the molecule is O=C(/C=C/c1ccccc1Cl)Nc1nnc(-c2ccc(Cl)cc2)s1. The summed E-state index contributed by atoms with van der Waals surface area (Å²) in [7, 11) is 0. The number of amides is 1. The van der Waals surface area contributed by atoms with Crippen LogP contribution in [0.25, 0.3) is 16.6 Å². The molecule has 0 spiro atoms. The summed E-state index contributed by atoms with van der Waals surface area (Å²) in [6.07, 6.45) is 3.06. The van der Waals surface area contributed by atoms with Crippen molar-refractivity contribution in [3.8, 4) is 10.6 Å².